The quantitative estimate of drug-likeness (QED) is 0.943. The summed E-state index contributed by atoms with van der Waals surface area (Å²) >= 11 is 0. The number of nitrogens with zero attached hydrogens (tertiary/aromatic N) is 2. The average molecular weight is 314 g/mol. The molecule has 1 aliphatic rings. The van der Waals surface area contributed by atoms with Crippen molar-refractivity contribution in [1.29, 1.82) is 0 Å². The van der Waals surface area contributed by atoms with Crippen LogP contribution in [0, 0.1) is 0 Å². The van der Waals surface area contributed by atoms with Crippen molar-refractivity contribution >= 4 is 6.09 Å². The van der Waals surface area contributed by atoms with E-state index in [9.17, 15) is 9.90 Å². The van der Waals surface area contributed by atoms with Crippen molar-refractivity contribution in [3.8, 4) is 17.2 Å². The number of pyridine rings is 1. The molecule has 0 unspecified atom stereocenters. The largest absolute Gasteiger partial charge is 0.508 e. The molecule has 1 aromatic carbocycles. The summed E-state index contributed by atoms with van der Waals surface area (Å²) in [6.45, 7) is 1.17. The zero-order valence-corrected chi connectivity index (χ0v) is 12.6. The van der Waals surface area contributed by atoms with E-state index in [4.69, 9.17) is 9.47 Å². The number of benzene rings is 1. The Bertz CT molecular complexity index is 637. The molecule has 0 aliphatic carbocycles. The third-order valence-electron chi connectivity index (χ3n) is 3.68. The number of rotatable bonds is 3. The number of carbonyl (C=O) groups is 1. The lowest BCUT2D eigenvalue weighted by Gasteiger charge is -2.31. The zero-order chi connectivity index (χ0) is 16.1. The van der Waals surface area contributed by atoms with Crippen LogP contribution in [-0.4, -0.2) is 40.3 Å². The summed E-state index contributed by atoms with van der Waals surface area (Å²) in [4.78, 5) is 17.7. The van der Waals surface area contributed by atoms with E-state index < -0.39 is 0 Å². The summed E-state index contributed by atoms with van der Waals surface area (Å²) in [5.41, 5.74) is 0. The van der Waals surface area contributed by atoms with E-state index in [0.29, 0.717) is 18.8 Å². The first-order chi connectivity index (χ1) is 11.2. The zero-order valence-electron chi connectivity index (χ0n) is 12.6. The smallest absolute Gasteiger partial charge is 0.415 e. The molecule has 0 atom stereocenters. The van der Waals surface area contributed by atoms with Crippen molar-refractivity contribution in [2.75, 3.05) is 13.1 Å². The number of amides is 1. The predicted octanol–water partition coefficient (Wildman–Crippen LogP) is 2.83. The fourth-order valence-corrected chi connectivity index (χ4v) is 2.45. The normalized spacial score (nSPS) is 15.2. The number of phenols is 1. The molecule has 23 heavy (non-hydrogen) atoms. The maximum Gasteiger partial charge on any atom is 0.415 e. The van der Waals surface area contributed by atoms with E-state index in [2.05, 4.69) is 4.98 Å². The van der Waals surface area contributed by atoms with Crippen LogP contribution < -0.4 is 9.47 Å². The minimum atomic E-state index is -0.360. The highest BCUT2D eigenvalue weighted by molar-refractivity contribution is 5.70. The molecule has 3 rings (SSSR count). The van der Waals surface area contributed by atoms with Crippen LogP contribution in [0.1, 0.15) is 12.8 Å². The Kier molecular flexibility index (Phi) is 4.61. The topological polar surface area (TPSA) is 71.9 Å². The minimum Gasteiger partial charge on any atom is -0.508 e. The Morgan fingerprint density at radius 2 is 1.87 bits per heavy atom. The van der Waals surface area contributed by atoms with E-state index >= 15 is 0 Å². The van der Waals surface area contributed by atoms with Crippen molar-refractivity contribution in [3.05, 3.63) is 48.8 Å². The number of carbonyl (C=O) groups excluding carboxylic acids is 1. The Morgan fingerprint density at radius 1 is 1.13 bits per heavy atom. The molecule has 0 saturated carbocycles. The van der Waals surface area contributed by atoms with Crippen LogP contribution in [0.4, 0.5) is 4.79 Å². The van der Waals surface area contributed by atoms with Crippen LogP contribution >= 0.6 is 0 Å². The lowest BCUT2D eigenvalue weighted by atomic mass is 10.1. The van der Waals surface area contributed by atoms with Crippen molar-refractivity contribution < 1.29 is 19.4 Å². The SMILES string of the molecule is O=C(Oc1cccnc1)N1CCC(Oc2ccc(O)cc2)CC1. The minimum absolute atomic E-state index is 0.0574. The van der Waals surface area contributed by atoms with Gasteiger partial charge in [-0.05, 0) is 36.4 Å². The molecule has 1 saturated heterocycles. The van der Waals surface area contributed by atoms with Gasteiger partial charge < -0.3 is 19.5 Å². The highest BCUT2D eigenvalue weighted by atomic mass is 16.6. The van der Waals surface area contributed by atoms with E-state index in [0.717, 1.165) is 18.6 Å². The predicted molar refractivity (Wildman–Crippen MR) is 83.6 cm³/mol. The van der Waals surface area contributed by atoms with Gasteiger partial charge in [-0.2, -0.15) is 0 Å². The van der Waals surface area contributed by atoms with Crippen LogP contribution in [0.2, 0.25) is 0 Å². The first kappa shape index (κ1) is 15.1. The lowest BCUT2D eigenvalue weighted by Crippen LogP contribution is -2.43. The van der Waals surface area contributed by atoms with Gasteiger partial charge >= 0.3 is 6.09 Å². The monoisotopic (exact) mass is 314 g/mol. The third kappa shape index (κ3) is 4.12. The maximum atomic E-state index is 12.1. The summed E-state index contributed by atoms with van der Waals surface area (Å²) in [5, 5.41) is 9.26. The second-order valence-electron chi connectivity index (χ2n) is 5.35. The van der Waals surface area contributed by atoms with Crippen LogP contribution in [0.25, 0.3) is 0 Å². The number of aromatic hydroxyl groups is 1. The molecule has 2 aromatic rings. The molecule has 1 aliphatic heterocycles. The number of phenolic OH excluding ortho intramolecular Hbond substituents is 1. The number of likely N-dealkylation sites (tertiary alicyclic amines) is 1. The van der Waals surface area contributed by atoms with E-state index in [1.165, 1.54) is 6.20 Å². The number of piperidine rings is 1. The molecule has 120 valence electrons. The van der Waals surface area contributed by atoms with Crippen molar-refractivity contribution in [2.45, 2.75) is 18.9 Å². The number of aromatic nitrogens is 1. The molecule has 1 amide bonds. The molecule has 0 spiro atoms. The molecule has 2 heterocycles. The highest BCUT2D eigenvalue weighted by Gasteiger charge is 2.25. The van der Waals surface area contributed by atoms with Gasteiger partial charge in [-0.3, -0.25) is 4.98 Å². The van der Waals surface area contributed by atoms with Crippen LogP contribution in [0.5, 0.6) is 17.2 Å². The maximum absolute atomic E-state index is 12.1. The average Bonchev–Trinajstić information content (AvgIpc) is 2.58. The van der Waals surface area contributed by atoms with Gasteiger partial charge in [-0.25, -0.2) is 4.79 Å². The fourth-order valence-electron chi connectivity index (χ4n) is 2.45. The summed E-state index contributed by atoms with van der Waals surface area (Å²) in [7, 11) is 0. The van der Waals surface area contributed by atoms with Crippen LogP contribution in [0.3, 0.4) is 0 Å². The first-order valence-electron chi connectivity index (χ1n) is 7.53. The molecule has 0 bridgehead atoms. The second-order valence-corrected chi connectivity index (χ2v) is 5.35. The van der Waals surface area contributed by atoms with E-state index in [1.54, 1.807) is 47.5 Å². The van der Waals surface area contributed by atoms with Gasteiger partial charge in [0, 0.05) is 32.1 Å². The number of hydrogen-bond donors (Lipinski definition) is 1. The Labute approximate surface area is 134 Å². The standard InChI is InChI=1S/C17H18N2O4/c20-13-3-5-14(6-4-13)22-15-7-10-19(11-8-15)17(21)23-16-2-1-9-18-12-16/h1-6,9,12,15,20H,7-8,10-11H2. The van der Waals surface area contributed by atoms with Gasteiger partial charge in [0.1, 0.15) is 17.6 Å². The lowest BCUT2D eigenvalue weighted by molar-refractivity contribution is 0.0929. The molecular formula is C17H18N2O4. The van der Waals surface area contributed by atoms with Crippen molar-refractivity contribution in [3.63, 3.8) is 0 Å². The van der Waals surface area contributed by atoms with Gasteiger partial charge in [0.2, 0.25) is 0 Å². The Balaban J connectivity index is 1.48. The summed E-state index contributed by atoms with van der Waals surface area (Å²) < 4.78 is 11.1. The van der Waals surface area contributed by atoms with E-state index in [1.807, 2.05) is 0 Å². The van der Waals surface area contributed by atoms with Crippen LogP contribution in [-0.2, 0) is 0 Å². The number of ether oxygens (including phenoxy) is 2. The second kappa shape index (κ2) is 7.00. The van der Waals surface area contributed by atoms with E-state index in [-0.39, 0.29) is 17.9 Å². The molecule has 1 N–H and O–H groups in total. The molecule has 1 fully saturated rings. The van der Waals surface area contributed by atoms with Crippen LogP contribution in [0.15, 0.2) is 48.8 Å². The number of hydrogen-bond acceptors (Lipinski definition) is 5. The molecule has 1 aromatic heterocycles. The van der Waals surface area contributed by atoms with Gasteiger partial charge in [0.05, 0.1) is 6.20 Å². The van der Waals surface area contributed by atoms with Gasteiger partial charge in [0.15, 0.2) is 5.75 Å². The van der Waals surface area contributed by atoms with Gasteiger partial charge in [0.25, 0.3) is 0 Å². The summed E-state index contributed by atoms with van der Waals surface area (Å²) in [6, 6.07) is 10.1. The Hall–Kier alpha value is -2.76. The van der Waals surface area contributed by atoms with Gasteiger partial charge in [-0.15, -0.1) is 0 Å². The van der Waals surface area contributed by atoms with Gasteiger partial charge in [-0.1, -0.05) is 0 Å². The fraction of sp³-hybridized carbons (Fsp3) is 0.294. The Morgan fingerprint density at radius 3 is 2.52 bits per heavy atom. The summed E-state index contributed by atoms with van der Waals surface area (Å²) in [6.07, 6.45) is 4.32. The molecular weight excluding hydrogens is 296 g/mol. The molecule has 6 heteroatoms. The van der Waals surface area contributed by atoms with Crippen molar-refractivity contribution in [2.24, 2.45) is 0 Å². The first-order valence-corrected chi connectivity index (χ1v) is 7.53. The molecule has 0 radical (unpaired) electrons. The third-order valence-corrected chi connectivity index (χ3v) is 3.68. The summed E-state index contributed by atoms with van der Waals surface area (Å²) in [5.74, 6) is 1.38. The molecule has 6 nitrogen and oxygen atoms in total. The van der Waals surface area contributed by atoms with Crippen molar-refractivity contribution in [1.82, 2.24) is 9.88 Å². The highest BCUT2D eigenvalue weighted by Crippen LogP contribution is 2.22.